The van der Waals surface area contributed by atoms with Gasteiger partial charge in [0.15, 0.2) is 0 Å². The highest BCUT2D eigenvalue weighted by Crippen LogP contribution is 2.41. The fraction of sp³-hybridized carbons (Fsp3) is 0.368. The highest BCUT2D eigenvalue weighted by Gasteiger charge is 2.40. The molecule has 1 aliphatic rings. The van der Waals surface area contributed by atoms with Crippen LogP contribution in [0.1, 0.15) is 80.0 Å². The summed E-state index contributed by atoms with van der Waals surface area (Å²) in [5.74, 6) is -4.49. The molecular formula is C38H36F8O. The fourth-order valence-electron chi connectivity index (χ4n) is 6.34. The number of aryl methyl sites for hydroxylation is 1. The summed E-state index contributed by atoms with van der Waals surface area (Å²) in [5, 5.41) is 0. The quantitative estimate of drug-likeness (QED) is 0.109. The van der Waals surface area contributed by atoms with Crippen molar-refractivity contribution in [1.82, 2.24) is 0 Å². The molecule has 4 aromatic carbocycles. The van der Waals surface area contributed by atoms with E-state index in [1.54, 1.807) is 6.07 Å². The molecule has 1 aliphatic carbocycles. The first-order valence-corrected chi connectivity index (χ1v) is 16.0. The number of benzene rings is 4. The molecule has 9 heteroatoms. The molecule has 1 fully saturated rings. The van der Waals surface area contributed by atoms with E-state index in [2.05, 4.69) is 0 Å². The van der Waals surface area contributed by atoms with Crippen LogP contribution in [-0.2, 0) is 23.7 Å². The molecule has 0 N–H and O–H groups in total. The Balaban J connectivity index is 1.22. The Labute approximate surface area is 269 Å². The fourth-order valence-corrected chi connectivity index (χ4v) is 6.34. The van der Waals surface area contributed by atoms with Gasteiger partial charge in [0, 0.05) is 23.1 Å². The van der Waals surface area contributed by atoms with Gasteiger partial charge in [0.1, 0.15) is 29.1 Å². The molecule has 0 aliphatic heterocycles. The molecule has 4 aromatic rings. The maximum absolute atomic E-state index is 15.3. The molecule has 250 valence electrons. The summed E-state index contributed by atoms with van der Waals surface area (Å²) in [6.07, 6.45) is -0.0829. The van der Waals surface area contributed by atoms with Crippen molar-refractivity contribution in [2.24, 2.45) is 0 Å². The smallest absolute Gasteiger partial charge is 0.313 e. The third-order valence-electron chi connectivity index (χ3n) is 8.95. The van der Waals surface area contributed by atoms with Gasteiger partial charge in [-0.15, -0.1) is 0 Å². The average Bonchev–Trinajstić information content (AvgIpc) is 3.03. The van der Waals surface area contributed by atoms with Crippen molar-refractivity contribution in [3.63, 3.8) is 0 Å². The standard InChI is InChI=1S/C38H36F8O/c1-2-3-4-5-23-6-15-32(37(44)18-23)38(45,46)47-28-11-7-24(8-12-28)25-9-13-29(33(40)19-25)26-10-14-30(34(41)20-26)27-21-35(42)31(16-17-39)36(43)22-27/h6,9-10,13-15,18-22,24,28H,2-5,7-8,11-12,16-17H2,1H3. The predicted molar refractivity (Wildman–Crippen MR) is 166 cm³/mol. The number of unbranched alkanes of at least 4 members (excludes halogenated alkanes) is 2. The zero-order valence-corrected chi connectivity index (χ0v) is 26.0. The van der Waals surface area contributed by atoms with Gasteiger partial charge in [-0.1, -0.05) is 50.1 Å². The van der Waals surface area contributed by atoms with Crippen molar-refractivity contribution in [2.75, 3.05) is 6.67 Å². The zero-order valence-electron chi connectivity index (χ0n) is 26.0. The van der Waals surface area contributed by atoms with Gasteiger partial charge in [-0.05, 0) is 103 Å². The minimum atomic E-state index is -3.79. The maximum atomic E-state index is 15.3. The van der Waals surface area contributed by atoms with Crippen molar-refractivity contribution < 1.29 is 39.9 Å². The summed E-state index contributed by atoms with van der Waals surface area (Å²) in [5.41, 5.74) is 0.300. The first-order chi connectivity index (χ1) is 22.5. The lowest BCUT2D eigenvalue weighted by Crippen LogP contribution is -2.30. The topological polar surface area (TPSA) is 9.23 Å². The van der Waals surface area contributed by atoms with E-state index < -0.39 is 65.5 Å². The van der Waals surface area contributed by atoms with Crippen LogP contribution in [0.3, 0.4) is 0 Å². The molecule has 5 rings (SSSR count). The van der Waals surface area contributed by atoms with Crippen LogP contribution < -0.4 is 0 Å². The van der Waals surface area contributed by atoms with Crippen LogP contribution in [0.15, 0.2) is 66.7 Å². The van der Waals surface area contributed by atoms with Gasteiger partial charge in [-0.3, -0.25) is 4.39 Å². The molecule has 1 nitrogen and oxygen atoms in total. The molecular weight excluding hydrogens is 624 g/mol. The van der Waals surface area contributed by atoms with Crippen LogP contribution in [0.4, 0.5) is 35.1 Å². The summed E-state index contributed by atoms with van der Waals surface area (Å²) in [4.78, 5) is 0. The number of rotatable bonds is 12. The Morgan fingerprint density at radius 1 is 0.660 bits per heavy atom. The maximum Gasteiger partial charge on any atom is 0.386 e. The highest BCUT2D eigenvalue weighted by molar-refractivity contribution is 5.72. The monoisotopic (exact) mass is 660 g/mol. The van der Waals surface area contributed by atoms with Crippen LogP contribution >= 0.6 is 0 Å². The molecule has 0 atom stereocenters. The van der Waals surface area contributed by atoms with Crippen LogP contribution in [0, 0.1) is 29.1 Å². The van der Waals surface area contributed by atoms with E-state index in [9.17, 15) is 26.3 Å². The van der Waals surface area contributed by atoms with Gasteiger partial charge >= 0.3 is 6.11 Å². The molecule has 47 heavy (non-hydrogen) atoms. The van der Waals surface area contributed by atoms with Gasteiger partial charge in [-0.2, -0.15) is 8.78 Å². The molecule has 0 amide bonds. The van der Waals surface area contributed by atoms with E-state index in [0.29, 0.717) is 30.4 Å². The Morgan fingerprint density at radius 2 is 1.30 bits per heavy atom. The van der Waals surface area contributed by atoms with Crippen LogP contribution in [0.5, 0.6) is 0 Å². The number of hydrogen-bond acceptors (Lipinski definition) is 1. The van der Waals surface area contributed by atoms with E-state index in [0.717, 1.165) is 49.6 Å². The zero-order chi connectivity index (χ0) is 33.7. The van der Waals surface area contributed by atoms with E-state index in [1.807, 2.05) is 6.92 Å². The minimum Gasteiger partial charge on any atom is -0.313 e. The highest BCUT2D eigenvalue weighted by atomic mass is 19.3. The Kier molecular flexibility index (Phi) is 11.1. The van der Waals surface area contributed by atoms with E-state index >= 15 is 8.78 Å². The Morgan fingerprint density at radius 3 is 1.91 bits per heavy atom. The van der Waals surface area contributed by atoms with E-state index in [4.69, 9.17) is 4.74 Å². The SMILES string of the molecule is CCCCCc1ccc(C(F)(F)OC2CCC(c3ccc(-c4ccc(-c5cc(F)c(CCF)c(F)c5)c(F)c4)c(F)c3)CC2)c(F)c1. The second-order valence-electron chi connectivity index (χ2n) is 12.2. The van der Waals surface area contributed by atoms with Crippen LogP contribution in [0.2, 0.25) is 0 Å². The van der Waals surface area contributed by atoms with Crippen LogP contribution in [-0.4, -0.2) is 12.8 Å². The Bertz CT molecular complexity index is 1670. The third-order valence-corrected chi connectivity index (χ3v) is 8.95. The largest absolute Gasteiger partial charge is 0.386 e. The molecule has 0 bridgehead atoms. The minimum absolute atomic E-state index is 0.0688. The summed E-state index contributed by atoms with van der Waals surface area (Å²) >= 11 is 0. The summed E-state index contributed by atoms with van der Waals surface area (Å²) in [6.45, 7) is 1.11. The van der Waals surface area contributed by atoms with Crippen molar-refractivity contribution in [2.45, 2.75) is 82.8 Å². The second kappa shape index (κ2) is 15.0. The number of halogens is 8. The Hall–Kier alpha value is -3.72. The normalized spacial score (nSPS) is 16.9. The third kappa shape index (κ3) is 8.06. The average molecular weight is 661 g/mol. The molecule has 0 aromatic heterocycles. The van der Waals surface area contributed by atoms with Crippen LogP contribution in [0.25, 0.3) is 22.3 Å². The summed E-state index contributed by atoms with van der Waals surface area (Å²) < 4.78 is 121. The predicted octanol–water partition coefficient (Wildman–Crippen LogP) is 11.8. The van der Waals surface area contributed by atoms with Crippen molar-refractivity contribution in [3.8, 4) is 22.3 Å². The van der Waals surface area contributed by atoms with E-state index in [-0.39, 0.29) is 41.0 Å². The van der Waals surface area contributed by atoms with E-state index in [1.165, 1.54) is 30.3 Å². The second-order valence-corrected chi connectivity index (χ2v) is 12.2. The van der Waals surface area contributed by atoms with Gasteiger partial charge in [0.05, 0.1) is 18.3 Å². The first kappa shape index (κ1) is 34.6. The van der Waals surface area contributed by atoms with Crippen molar-refractivity contribution in [3.05, 3.63) is 118 Å². The first-order valence-electron chi connectivity index (χ1n) is 16.0. The molecule has 0 spiro atoms. The lowest BCUT2D eigenvalue weighted by Gasteiger charge is -2.31. The van der Waals surface area contributed by atoms with Gasteiger partial charge < -0.3 is 4.74 Å². The lowest BCUT2D eigenvalue weighted by molar-refractivity contribution is -0.278. The van der Waals surface area contributed by atoms with Crippen molar-refractivity contribution in [1.29, 1.82) is 0 Å². The number of hydrogen-bond donors (Lipinski definition) is 0. The van der Waals surface area contributed by atoms with Gasteiger partial charge in [0.25, 0.3) is 0 Å². The lowest BCUT2D eigenvalue weighted by atomic mass is 9.82. The van der Waals surface area contributed by atoms with Gasteiger partial charge in [0.2, 0.25) is 0 Å². The number of alkyl halides is 3. The molecule has 0 radical (unpaired) electrons. The summed E-state index contributed by atoms with van der Waals surface area (Å²) in [6, 6.07) is 14.0. The summed E-state index contributed by atoms with van der Waals surface area (Å²) in [7, 11) is 0. The molecule has 0 heterocycles. The van der Waals surface area contributed by atoms with Crippen molar-refractivity contribution >= 4 is 0 Å². The van der Waals surface area contributed by atoms with Gasteiger partial charge in [-0.25, -0.2) is 22.0 Å². The molecule has 0 unspecified atom stereocenters. The molecule has 0 saturated heterocycles. The number of ether oxygens (including phenoxy) is 1. The molecule has 1 saturated carbocycles.